The summed E-state index contributed by atoms with van der Waals surface area (Å²) in [5.74, 6) is 0.852. The summed E-state index contributed by atoms with van der Waals surface area (Å²) in [5, 5.41) is 19.6. The molecule has 1 aromatic rings. The molecule has 3 heteroatoms. The fourth-order valence-corrected chi connectivity index (χ4v) is 2.92. The molecule has 17 heavy (non-hydrogen) atoms. The summed E-state index contributed by atoms with van der Waals surface area (Å²) < 4.78 is 5.92. The molecule has 3 unspecified atom stereocenters. The first-order valence-electron chi connectivity index (χ1n) is 6.40. The van der Waals surface area contributed by atoms with Gasteiger partial charge in [0.2, 0.25) is 0 Å². The van der Waals surface area contributed by atoms with E-state index in [4.69, 9.17) is 4.74 Å². The number of rotatable bonds is 2. The van der Waals surface area contributed by atoms with E-state index in [9.17, 15) is 10.2 Å². The highest BCUT2D eigenvalue weighted by molar-refractivity contribution is 5.44. The number of aliphatic hydroxyl groups is 2. The minimum Gasteiger partial charge on any atom is -0.487 e. The van der Waals surface area contributed by atoms with Gasteiger partial charge in [0.05, 0.1) is 12.2 Å². The van der Waals surface area contributed by atoms with Crippen LogP contribution >= 0.6 is 0 Å². The Morgan fingerprint density at radius 3 is 2.76 bits per heavy atom. The lowest BCUT2D eigenvalue weighted by Crippen LogP contribution is -2.26. The highest BCUT2D eigenvalue weighted by Gasteiger charge is 2.29. The molecule has 92 valence electrons. The highest BCUT2D eigenvalue weighted by Crippen LogP contribution is 2.38. The molecule has 0 radical (unpaired) electrons. The summed E-state index contributed by atoms with van der Waals surface area (Å²) in [6, 6.07) is 5.83. The zero-order chi connectivity index (χ0) is 11.8. The standard InChI is InChI=1S/C14H18O3/c15-11-8-7-10-9(11)3-1-5-13(10)17-14-6-2-4-12(14)16/h1,3,5,11-12,14-16H,2,4,6-8H2. The number of benzene rings is 1. The van der Waals surface area contributed by atoms with E-state index in [1.54, 1.807) is 0 Å². The third-order valence-electron chi connectivity index (χ3n) is 3.89. The molecule has 1 saturated carbocycles. The Labute approximate surface area is 101 Å². The van der Waals surface area contributed by atoms with Crippen molar-refractivity contribution in [1.29, 1.82) is 0 Å². The Morgan fingerprint density at radius 1 is 1.12 bits per heavy atom. The molecule has 2 aliphatic carbocycles. The van der Waals surface area contributed by atoms with E-state index < -0.39 is 0 Å². The van der Waals surface area contributed by atoms with Crippen molar-refractivity contribution in [3.63, 3.8) is 0 Å². The predicted molar refractivity (Wildman–Crippen MR) is 64.0 cm³/mol. The van der Waals surface area contributed by atoms with E-state index in [-0.39, 0.29) is 18.3 Å². The molecule has 0 aliphatic heterocycles. The molecule has 0 amide bonds. The van der Waals surface area contributed by atoms with Crippen LogP contribution in [0.5, 0.6) is 5.75 Å². The van der Waals surface area contributed by atoms with Gasteiger partial charge in [-0.1, -0.05) is 12.1 Å². The second-order valence-electron chi connectivity index (χ2n) is 5.03. The van der Waals surface area contributed by atoms with Gasteiger partial charge in [0.1, 0.15) is 11.9 Å². The molecule has 0 bridgehead atoms. The predicted octanol–water partition coefficient (Wildman–Crippen LogP) is 1.96. The van der Waals surface area contributed by atoms with Crippen LogP contribution < -0.4 is 4.74 Å². The molecule has 3 rings (SSSR count). The minimum absolute atomic E-state index is 0.0701. The molecule has 0 heterocycles. The molecule has 0 aromatic heterocycles. The second kappa shape index (κ2) is 4.31. The Kier molecular flexibility index (Phi) is 2.81. The average molecular weight is 234 g/mol. The van der Waals surface area contributed by atoms with Gasteiger partial charge in [0.25, 0.3) is 0 Å². The maximum atomic E-state index is 9.81. The van der Waals surface area contributed by atoms with Crippen LogP contribution in [0.4, 0.5) is 0 Å². The topological polar surface area (TPSA) is 49.7 Å². The van der Waals surface area contributed by atoms with Gasteiger partial charge in [-0.05, 0) is 43.7 Å². The lowest BCUT2D eigenvalue weighted by atomic mass is 10.1. The lowest BCUT2D eigenvalue weighted by Gasteiger charge is -2.19. The molecular weight excluding hydrogens is 216 g/mol. The first-order chi connectivity index (χ1) is 8.25. The largest absolute Gasteiger partial charge is 0.487 e. The number of hydrogen-bond acceptors (Lipinski definition) is 3. The van der Waals surface area contributed by atoms with E-state index in [2.05, 4.69) is 0 Å². The molecule has 2 N–H and O–H groups in total. The normalized spacial score (nSPS) is 31.5. The summed E-state index contributed by atoms with van der Waals surface area (Å²) in [7, 11) is 0. The molecular formula is C14H18O3. The van der Waals surface area contributed by atoms with Gasteiger partial charge in [-0.3, -0.25) is 0 Å². The van der Waals surface area contributed by atoms with E-state index in [1.807, 2.05) is 18.2 Å². The molecule has 1 aromatic carbocycles. The van der Waals surface area contributed by atoms with Crippen LogP contribution in [0.1, 0.15) is 42.9 Å². The van der Waals surface area contributed by atoms with Crippen molar-refractivity contribution >= 4 is 0 Å². The Bertz CT molecular complexity index is 416. The highest BCUT2D eigenvalue weighted by atomic mass is 16.5. The molecule has 3 atom stereocenters. The van der Waals surface area contributed by atoms with Gasteiger partial charge in [-0.2, -0.15) is 0 Å². The van der Waals surface area contributed by atoms with Gasteiger partial charge in [0.15, 0.2) is 0 Å². The summed E-state index contributed by atoms with van der Waals surface area (Å²) >= 11 is 0. The van der Waals surface area contributed by atoms with Crippen LogP contribution in [0, 0.1) is 0 Å². The average Bonchev–Trinajstić information content (AvgIpc) is 2.89. The Hall–Kier alpha value is -1.06. The maximum absolute atomic E-state index is 9.81. The number of aliphatic hydroxyl groups excluding tert-OH is 2. The van der Waals surface area contributed by atoms with E-state index in [1.165, 1.54) is 0 Å². The van der Waals surface area contributed by atoms with Crippen molar-refractivity contribution < 1.29 is 14.9 Å². The van der Waals surface area contributed by atoms with Crippen LogP contribution in [-0.2, 0) is 6.42 Å². The van der Waals surface area contributed by atoms with Crippen LogP contribution in [0.2, 0.25) is 0 Å². The van der Waals surface area contributed by atoms with Crippen LogP contribution in [0.3, 0.4) is 0 Å². The van der Waals surface area contributed by atoms with Crippen molar-refractivity contribution in [1.82, 2.24) is 0 Å². The maximum Gasteiger partial charge on any atom is 0.124 e. The summed E-state index contributed by atoms with van der Waals surface area (Å²) in [4.78, 5) is 0. The number of ether oxygens (including phenoxy) is 1. The molecule has 0 saturated heterocycles. The zero-order valence-electron chi connectivity index (χ0n) is 9.80. The summed E-state index contributed by atoms with van der Waals surface area (Å²) in [6.45, 7) is 0. The third-order valence-corrected chi connectivity index (χ3v) is 3.89. The van der Waals surface area contributed by atoms with Gasteiger partial charge in [-0.25, -0.2) is 0 Å². The van der Waals surface area contributed by atoms with Crippen LogP contribution in [0.25, 0.3) is 0 Å². The van der Waals surface area contributed by atoms with Gasteiger partial charge < -0.3 is 14.9 Å². The smallest absolute Gasteiger partial charge is 0.124 e. The van der Waals surface area contributed by atoms with Gasteiger partial charge in [0, 0.05) is 5.56 Å². The van der Waals surface area contributed by atoms with E-state index in [0.29, 0.717) is 0 Å². The SMILES string of the molecule is OC1CCc2c(OC3CCCC3O)cccc21. The number of fused-ring (bicyclic) bond motifs is 1. The molecule has 0 spiro atoms. The molecule has 2 aliphatic rings. The van der Waals surface area contributed by atoms with Crippen LogP contribution in [0.15, 0.2) is 18.2 Å². The summed E-state index contributed by atoms with van der Waals surface area (Å²) in [5.41, 5.74) is 2.12. The van der Waals surface area contributed by atoms with Gasteiger partial charge >= 0.3 is 0 Å². The third kappa shape index (κ3) is 1.94. The van der Waals surface area contributed by atoms with Crippen molar-refractivity contribution in [2.45, 2.75) is 50.4 Å². The van der Waals surface area contributed by atoms with E-state index >= 15 is 0 Å². The first-order valence-corrected chi connectivity index (χ1v) is 6.40. The monoisotopic (exact) mass is 234 g/mol. The fraction of sp³-hybridized carbons (Fsp3) is 0.571. The quantitative estimate of drug-likeness (QED) is 0.822. The first kappa shape index (κ1) is 11.1. The molecule has 3 nitrogen and oxygen atoms in total. The van der Waals surface area contributed by atoms with Crippen molar-refractivity contribution in [2.75, 3.05) is 0 Å². The zero-order valence-corrected chi connectivity index (χ0v) is 9.80. The second-order valence-corrected chi connectivity index (χ2v) is 5.03. The Morgan fingerprint density at radius 2 is 2.00 bits per heavy atom. The van der Waals surface area contributed by atoms with Gasteiger partial charge in [-0.15, -0.1) is 0 Å². The lowest BCUT2D eigenvalue weighted by molar-refractivity contribution is 0.0598. The number of hydrogen-bond donors (Lipinski definition) is 2. The summed E-state index contributed by atoms with van der Waals surface area (Å²) in [6.07, 6.45) is 3.69. The molecule has 1 fully saturated rings. The van der Waals surface area contributed by atoms with E-state index in [0.717, 1.165) is 49.0 Å². The van der Waals surface area contributed by atoms with Crippen LogP contribution in [-0.4, -0.2) is 22.4 Å². The minimum atomic E-state index is -0.345. The Balaban J connectivity index is 1.84. The van der Waals surface area contributed by atoms with Crippen molar-refractivity contribution in [2.24, 2.45) is 0 Å². The fourth-order valence-electron chi connectivity index (χ4n) is 2.92. The van der Waals surface area contributed by atoms with Crippen molar-refractivity contribution in [3.8, 4) is 5.75 Å². The van der Waals surface area contributed by atoms with Crippen molar-refractivity contribution in [3.05, 3.63) is 29.3 Å².